The number of piperidine rings is 1. The molecule has 0 bridgehead atoms. The van der Waals surface area contributed by atoms with E-state index in [2.05, 4.69) is 17.3 Å². The Bertz CT molecular complexity index is 558. The molecule has 2 N–H and O–H groups in total. The molecular formula is C16H21N3O. The highest BCUT2D eigenvalue weighted by Gasteiger charge is 2.23. The van der Waals surface area contributed by atoms with Gasteiger partial charge in [0.1, 0.15) is 0 Å². The molecule has 1 aromatic carbocycles. The second kappa shape index (κ2) is 5.67. The number of aromatic nitrogens is 2. The lowest BCUT2D eigenvalue weighted by atomic mass is 9.99. The molecule has 1 aliphatic heterocycles. The first kappa shape index (κ1) is 13.2. The van der Waals surface area contributed by atoms with E-state index in [1.165, 1.54) is 19.3 Å². The zero-order valence-corrected chi connectivity index (χ0v) is 11.8. The minimum Gasteiger partial charge on any atom is -0.492 e. The van der Waals surface area contributed by atoms with Crippen LogP contribution in [-0.2, 0) is 0 Å². The number of nitrogens with one attached hydrogen (secondary N) is 1. The smallest absolute Gasteiger partial charge is 0.238 e. The molecule has 20 heavy (non-hydrogen) atoms. The molecule has 4 nitrogen and oxygen atoms in total. The molecule has 106 valence electrons. The van der Waals surface area contributed by atoms with Crippen molar-refractivity contribution in [1.82, 2.24) is 15.1 Å². The van der Waals surface area contributed by atoms with Crippen LogP contribution in [0.2, 0.25) is 0 Å². The minimum absolute atomic E-state index is 0.110. The van der Waals surface area contributed by atoms with Crippen molar-refractivity contribution in [3.63, 3.8) is 0 Å². The predicted octanol–water partition coefficient (Wildman–Crippen LogP) is 2.96. The maximum atomic E-state index is 10.1. The number of rotatable bonds is 3. The number of hydrogen-bond acceptors (Lipinski definition) is 3. The summed E-state index contributed by atoms with van der Waals surface area (Å²) in [6.07, 6.45) is 5.64. The van der Waals surface area contributed by atoms with Crippen molar-refractivity contribution in [2.24, 2.45) is 0 Å². The highest BCUT2D eigenvalue weighted by Crippen LogP contribution is 2.30. The van der Waals surface area contributed by atoms with Gasteiger partial charge in [-0.2, -0.15) is 0 Å². The van der Waals surface area contributed by atoms with Gasteiger partial charge in [0.25, 0.3) is 0 Å². The van der Waals surface area contributed by atoms with E-state index >= 15 is 0 Å². The van der Waals surface area contributed by atoms with Crippen LogP contribution in [0.25, 0.3) is 11.1 Å². The van der Waals surface area contributed by atoms with Crippen LogP contribution in [-0.4, -0.2) is 27.5 Å². The molecular weight excluding hydrogens is 250 g/mol. The quantitative estimate of drug-likeness (QED) is 0.902. The Labute approximate surface area is 119 Å². The topological polar surface area (TPSA) is 50.1 Å². The normalized spacial score (nSPS) is 20.8. The summed E-state index contributed by atoms with van der Waals surface area (Å²) >= 11 is 0. The fraction of sp³-hybridized carbons (Fsp3) is 0.438. The molecule has 4 heteroatoms. The van der Waals surface area contributed by atoms with Gasteiger partial charge in [-0.15, -0.1) is 5.10 Å². The van der Waals surface area contributed by atoms with Crippen molar-refractivity contribution in [2.45, 2.75) is 38.3 Å². The average molecular weight is 271 g/mol. The van der Waals surface area contributed by atoms with Crippen molar-refractivity contribution in [2.75, 3.05) is 6.54 Å². The van der Waals surface area contributed by atoms with Gasteiger partial charge in [-0.25, -0.2) is 0 Å². The Morgan fingerprint density at radius 2 is 2.10 bits per heavy atom. The van der Waals surface area contributed by atoms with Crippen LogP contribution in [0.1, 0.15) is 32.2 Å². The van der Waals surface area contributed by atoms with E-state index in [-0.39, 0.29) is 11.9 Å². The van der Waals surface area contributed by atoms with Gasteiger partial charge in [0, 0.05) is 12.2 Å². The number of nitrogens with zero attached hydrogens (tertiary/aromatic N) is 2. The Balaban J connectivity index is 1.85. The molecule has 0 aliphatic carbocycles. The lowest BCUT2D eigenvalue weighted by Crippen LogP contribution is -2.40. The maximum absolute atomic E-state index is 10.1. The summed E-state index contributed by atoms with van der Waals surface area (Å²) in [4.78, 5) is 0. The molecule has 2 atom stereocenters. The standard InChI is InChI=1S/C16H21N3O/c1-12(15-9-5-6-10-17-15)19-11-14(16(20)18-19)13-7-3-2-4-8-13/h2-4,7-8,11-12,15,17H,5-6,9-10H2,1H3,(H,18,20). The van der Waals surface area contributed by atoms with Crippen molar-refractivity contribution in [1.29, 1.82) is 0 Å². The van der Waals surface area contributed by atoms with Gasteiger partial charge in [0.2, 0.25) is 5.88 Å². The first-order chi connectivity index (χ1) is 9.75. The summed E-state index contributed by atoms with van der Waals surface area (Å²) in [6.45, 7) is 3.23. The second-order valence-corrected chi connectivity index (χ2v) is 5.51. The van der Waals surface area contributed by atoms with Gasteiger partial charge in [0.15, 0.2) is 0 Å². The van der Waals surface area contributed by atoms with Gasteiger partial charge < -0.3 is 10.4 Å². The molecule has 2 unspecified atom stereocenters. The van der Waals surface area contributed by atoms with Crippen molar-refractivity contribution in [3.05, 3.63) is 36.5 Å². The number of aromatic hydroxyl groups is 1. The lowest BCUT2D eigenvalue weighted by molar-refractivity contribution is 0.289. The molecule has 3 rings (SSSR count). The third-order valence-corrected chi connectivity index (χ3v) is 4.15. The first-order valence-electron chi connectivity index (χ1n) is 7.32. The van der Waals surface area contributed by atoms with Crippen LogP contribution in [0.3, 0.4) is 0 Å². The summed E-state index contributed by atoms with van der Waals surface area (Å²) in [5, 5.41) is 17.9. The van der Waals surface area contributed by atoms with Crippen LogP contribution >= 0.6 is 0 Å². The number of benzene rings is 1. The zero-order chi connectivity index (χ0) is 13.9. The molecule has 0 spiro atoms. The molecule has 0 radical (unpaired) electrons. The van der Waals surface area contributed by atoms with E-state index in [0.717, 1.165) is 17.7 Å². The lowest BCUT2D eigenvalue weighted by Gasteiger charge is -2.29. The fourth-order valence-electron chi connectivity index (χ4n) is 2.89. The van der Waals surface area contributed by atoms with Crippen molar-refractivity contribution >= 4 is 0 Å². The van der Waals surface area contributed by atoms with Gasteiger partial charge in [-0.3, -0.25) is 4.68 Å². The van der Waals surface area contributed by atoms with E-state index in [1.54, 1.807) is 0 Å². The molecule has 1 aromatic heterocycles. The summed E-state index contributed by atoms with van der Waals surface area (Å²) in [5.41, 5.74) is 1.80. The van der Waals surface area contributed by atoms with E-state index in [0.29, 0.717) is 6.04 Å². The summed E-state index contributed by atoms with van der Waals surface area (Å²) in [5.74, 6) is 0.110. The molecule has 2 aromatic rings. The Hall–Kier alpha value is -1.81. The summed E-state index contributed by atoms with van der Waals surface area (Å²) < 4.78 is 1.89. The van der Waals surface area contributed by atoms with E-state index < -0.39 is 0 Å². The van der Waals surface area contributed by atoms with Gasteiger partial charge in [-0.1, -0.05) is 36.8 Å². The largest absolute Gasteiger partial charge is 0.492 e. The minimum atomic E-state index is 0.110. The third-order valence-electron chi connectivity index (χ3n) is 4.15. The Morgan fingerprint density at radius 3 is 2.80 bits per heavy atom. The fourth-order valence-corrected chi connectivity index (χ4v) is 2.89. The zero-order valence-electron chi connectivity index (χ0n) is 11.8. The highest BCUT2D eigenvalue weighted by molar-refractivity contribution is 5.67. The van der Waals surface area contributed by atoms with E-state index in [9.17, 15) is 5.11 Å². The second-order valence-electron chi connectivity index (χ2n) is 5.51. The molecule has 2 heterocycles. The molecule has 0 saturated carbocycles. The van der Waals surface area contributed by atoms with E-state index in [1.807, 2.05) is 41.2 Å². The van der Waals surface area contributed by atoms with Gasteiger partial charge >= 0.3 is 0 Å². The first-order valence-corrected chi connectivity index (χ1v) is 7.32. The molecule has 1 fully saturated rings. The molecule has 1 saturated heterocycles. The van der Waals surface area contributed by atoms with Crippen LogP contribution in [0.4, 0.5) is 0 Å². The van der Waals surface area contributed by atoms with Gasteiger partial charge in [-0.05, 0) is 31.9 Å². The van der Waals surface area contributed by atoms with Crippen molar-refractivity contribution < 1.29 is 5.11 Å². The van der Waals surface area contributed by atoms with Crippen LogP contribution in [0, 0.1) is 0 Å². The Kier molecular flexibility index (Phi) is 3.74. The SMILES string of the molecule is CC(C1CCCCN1)n1cc(-c2ccccc2)c(O)n1. The number of hydrogen-bond donors (Lipinski definition) is 2. The summed E-state index contributed by atoms with van der Waals surface area (Å²) in [7, 11) is 0. The van der Waals surface area contributed by atoms with E-state index in [4.69, 9.17) is 0 Å². The van der Waals surface area contributed by atoms with Gasteiger partial charge in [0.05, 0.1) is 11.6 Å². The molecule has 0 amide bonds. The Morgan fingerprint density at radius 1 is 1.30 bits per heavy atom. The van der Waals surface area contributed by atoms with Crippen LogP contribution in [0.5, 0.6) is 5.88 Å². The molecule has 1 aliphatic rings. The maximum Gasteiger partial charge on any atom is 0.238 e. The summed E-state index contributed by atoms with van der Waals surface area (Å²) in [6, 6.07) is 10.6. The third kappa shape index (κ3) is 2.56. The van der Waals surface area contributed by atoms with Crippen LogP contribution < -0.4 is 5.32 Å². The monoisotopic (exact) mass is 271 g/mol. The average Bonchev–Trinajstić information content (AvgIpc) is 2.90. The predicted molar refractivity (Wildman–Crippen MR) is 79.7 cm³/mol. The highest BCUT2D eigenvalue weighted by atomic mass is 16.3. The van der Waals surface area contributed by atoms with Crippen molar-refractivity contribution in [3.8, 4) is 17.0 Å². The van der Waals surface area contributed by atoms with Crippen LogP contribution in [0.15, 0.2) is 36.5 Å².